The van der Waals surface area contributed by atoms with Gasteiger partial charge in [0.25, 0.3) is 5.91 Å². The Bertz CT molecular complexity index is 670. The molecule has 0 saturated heterocycles. The van der Waals surface area contributed by atoms with Crippen molar-refractivity contribution < 1.29 is 23.8 Å². The number of rotatable bonds is 9. The minimum atomic E-state index is -0.568. The van der Waals surface area contributed by atoms with Gasteiger partial charge in [-0.3, -0.25) is 4.79 Å². The maximum Gasteiger partial charge on any atom is 0.332 e. The fourth-order valence-electron chi connectivity index (χ4n) is 1.95. The van der Waals surface area contributed by atoms with E-state index < -0.39 is 11.9 Å². The van der Waals surface area contributed by atoms with E-state index in [2.05, 4.69) is 5.32 Å². The second kappa shape index (κ2) is 10.1. The largest absolute Gasteiger partial charge is 0.489 e. The van der Waals surface area contributed by atoms with Gasteiger partial charge < -0.3 is 19.5 Å². The molecule has 0 atom stereocenters. The molecule has 2 aromatic carbocycles. The first kappa shape index (κ1) is 18.5. The smallest absolute Gasteiger partial charge is 0.332 e. The summed E-state index contributed by atoms with van der Waals surface area (Å²) in [6.45, 7) is 2.16. The van der Waals surface area contributed by atoms with Gasteiger partial charge in [0.1, 0.15) is 19.0 Å². The Morgan fingerprint density at radius 3 is 2.36 bits per heavy atom. The second-order valence-corrected chi connectivity index (χ2v) is 5.14. The molecule has 0 saturated carbocycles. The highest BCUT2D eigenvalue weighted by Crippen LogP contribution is 2.17. The molecule has 0 aromatic heterocycles. The van der Waals surface area contributed by atoms with Gasteiger partial charge in [0.2, 0.25) is 0 Å². The first-order valence-corrected chi connectivity index (χ1v) is 7.97. The van der Waals surface area contributed by atoms with E-state index in [0.29, 0.717) is 24.7 Å². The molecular formula is C19H21NO5. The fraction of sp³-hybridized carbons (Fsp3) is 0.263. The monoisotopic (exact) mass is 343 g/mol. The number of hydrogen-bond acceptors (Lipinski definition) is 5. The lowest BCUT2D eigenvalue weighted by molar-refractivity contribution is -0.151. The Morgan fingerprint density at radius 2 is 1.68 bits per heavy atom. The number of amides is 1. The zero-order valence-corrected chi connectivity index (χ0v) is 14.1. The maximum absolute atomic E-state index is 11.7. The number of ether oxygens (including phenoxy) is 3. The summed E-state index contributed by atoms with van der Waals surface area (Å²) >= 11 is 0. The molecule has 132 valence electrons. The molecule has 2 rings (SSSR count). The van der Waals surface area contributed by atoms with E-state index in [4.69, 9.17) is 14.2 Å². The van der Waals surface area contributed by atoms with E-state index in [1.807, 2.05) is 30.3 Å². The summed E-state index contributed by atoms with van der Waals surface area (Å²) in [7, 11) is 0. The van der Waals surface area contributed by atoms with Crippen molar-refractivity contribution in [3.05, 3.63) is 60.2 Å². The van der Waals surface area contributed by atoms with Crippen molar-refractivity contribution in [2.75, 3.05) is 25.1 Å². The highest BCUT2D eigenvalue weighted by molar-refractivity contribution is 5.92. The number of anilines is 1. The topological polar surface area (TPSA) is 73.9 Å². The predicted octanol–water partition coefficient (Wildman–Crippen LogP) is 2.78. The molecule has 0 fully saturated rings. The summed E-state index contributed by atoms with van der Waals surface area (Å²) < 4.78 is 15.4. The molecule has 0 aliphatic heterocycles. The highest BCUT2D eigenvalue weighted by atomic mass is 16.6. The molecule has 6 nitrogen and oxygen atoms in total. The van der Waals surface area contributed by atoms with Gasteiger partial charge in [0, 0.05) is 12.3 Å². The zero-order chi connectivity index (χ0) is 17.9. The highest BCUT2D eigenvalue weighted by Gasteiger charge is 2.08. The Kier molecular flexibility index (Phi) is 7.46. The molecule has 0 spiro atoms. The van der Waals surface area contributed by atoms with Crippen LogP contribution in [0.5, 0.6) is 5.75 Å². The van der Waals surface area contributed by atoms with Crippen LogP contribution in [0.15, 0.2) is 54.6 Å². The van der Waals surface area contributed by atoms with Crippen LogP contribution in [0.4, 0.5) is 5.69 Å². The van der Waals surface area contributed by atoms with E-state index in [0.717, 1.165) is 5.56 Å². The predicted molar refractivity (Wildman–Crippen MR) is 93.3 cm³/mol. The molecule has 1 N–H and O–H groups in total. The number of esters is 1. The van der Waals surface area contributed by atoms with Crippen LogP contribution in [0.3, 0.4) is 0 Å². The lowest BCUT2D eigenvalue weighted by Gasteiger charge is -2.09. The standard InChI is InChI=1S/C19H21NO5/c1-2-23-14-19(22)25-13-18(21)20-16-8-10-17(11-9-16)24-12-15-6-4-3-5-7-15/h3-11H,2,12-14H2,1H3,(H,20,21). The summed E-state index contributed by atoms with van der Waals surface area (Å²) in [5.41, 5.74) is 1.67. The van der Waals surface area contributed by atoms with Crippen molar-refractivity contribution in [2.45, 2.75) is 13.5 Å². The van der Waals surface area contributed by atoms with Crippen molar-refractivity contribution in [1.29, 1.82) is 0 Å². The molecule has 0 aliphatic carbocycles. The number of nitrogens with one attached hydrogen (secondary N) is 1. The summed E-state index contributed by atoms with van der Waals surface area (Å²) in [4.78, 5) is 23.0. The van der Waals surface area contributed by atoms with Crippen molar-refractivity contribution >= 4 is 17.6 Å². The van der Waals surface area contributed by atoms with Gasteiger partial charge in [0.15, 0.2) is 6.61 Å². The molecule has 0 heterocycles. The average molecular weight is 343 g/mol. The van der Waals surface area contributed by atoms with E-state index in [9.17, 15) is 9.59 Å². The summed E-state index contributed by atoms with van der Waals surface area (Å²) in [6, 6.07) is 16.8. The number of carbonyl (C=O) groups is 2. The summed E-state index contributed by atoms with van der Waals surface area (Å²) in [5, 5.41) is 2.64. The second-order valence-electron chi connectivity index (χ2n) is 5.14. The summed E-state index contributed by atoms with van der Waals surface area (Å²) in [5.74, 6) is -0.283. The summed E-state index contributed by atoms with van der Waals surface area (Å²) in [6.07, 6.45) is 0. The van der Waals surface area contributed by atoms with Gasteiger partial charge in [-0.05, 0) is 36.8 Å². The Hall–Kier alpha value is -2.86. The Labute approximate surface area is 146 Å². The van der Waals surface area contributed by atoms with Crippen LogP contribution in [-0.4, -0.2) is 31.7 Å². The number of carbonyl (C=O) groups excluding carboxylic acids is 2. The van der Waals surface area contributed by atoms with Crippen LogP contribution in [0.25, 0.3) is 0 Å². The number of benzene rings is 2. The van der Waals surface area contributed by atoms with Gasteiger partial charge in [-0.2, -0.15) is 0 Å². The van der Waals surface area contributed by atoms with Gasteiger partial charge in [0.05, 0.1) is 0 Å². The SMILES string of the molecule is CCOCC(=O)OCC(=O)Nc1ccc(OCc2ccccc2)cc1. The van der Waals surface area contributed by atoms with Crippen LogP contribution < -0.4 is 10.1 Å². The van der Waals surface area contributed by atoms with Gasteiger partial charge in [-0.25, -0.2) is 4.79 Å². The van der Waals surface area contributed by atoms with Crippen LogP contribution in [0.2, 0.25) is 0 Å². The lowest BCUT2D eigenvalue weighted by Crippen LogP contribution is -2.22. The molecule has 6 heteroatoms. The van der Waals surface area contributed by atoms with Crippen molar-refractivity contribution in [1.82, 2.24) is 0 Å². The van der Waals surface area contributed by atoms with Crippen LogP contribution in [0, 0.1) is 0 Å². The van der Waals surface area contributed by atoms with Crippen molar-refractivity contribution in [3.8, 4) is 5.75 Å². The van der Waals surface area contributed by atoms with E-state index >= 15 is 0 Å². The number of hydrogen-bond donors (Lipinski definition) is 1. The average Bonchev–Trinajstić information content (AvgIpc) is 2.65. The van der Waals surface area contributed by atoms with Crippen LogP contribution in [0.1, 0.15) is 12.5 Å². The van der Waals surface area contributed by atoms with Gasteiger partial charge in [-0.1, -0.05) is 30.3 Å². The third kappa shape index (κ3) is 7.05. The molecule has 0 aliphatic rings. The molecule has 25 heavy (non-hydrogen) atoms. The van der Waals surface area contributed by atoms with Crippen molar-refractivity contribution in [3.63, 3.8) is 0 Å². The normalized spacial score (nSPS) is 10.1. The minimum absolute atomic E-state index is 0.156. The maximum atomic E-state index is 11.7. The molecule has 1 amide bonds. The van der Waals surface area contributed by atoms with E-state index in [1.165, 1.54) is 0 Å². The third-order valence-electron chi connectivity index (χ3n) is 3.17. The first-order chi connectivity index (χ1) is 12.2. The fourth-order valence-corrected chi connectivity index (χ4v) is 1.95. The third-order valence-corrected chi connectivity index (χ3v) is 3.17. The zero-order valence-electron chi connectivity index (χ0n) is 14.1. The van der Waals surface area contributed by atoms with E-state index in [1.54, 1.807) is 31.2 Å². The first-order valence-electron chi connectivity index (χ1n) is 7.97. The van der Waals surface area contributed by atoms with Gasteiger partial charge >= 0.3 is 5.97 Å². The molecular weight excluding hydrogens is 322 g/mol. The molecule has 0 unspecified atom stereocenters. The quantitative estimate of drug-likeness (QED) is 0.709. The van der Waals surface area contributed by atoms with Crippen LogP contribution >= 0.6 is 0 Å². The lowest BCUT2D eigenvalue weighted by atomic mass is 10.2. The van der Waals surface area contributed by atoms with Crippen LogP contribution in [-0.2, 0) is 25.7 Å². The molecule has 0 radical (unpaired) electrons. The Balaban J connectivity index is 1.74. The van der Waals surface area contributed by atoms with Gasteiger partial charge in [-0.15, -0.1) is 0 Å². The minimum Gasteiger partial charge on any atom is -0.489 e. The van der Waals surface area contributed by atoms with Crippen molar-refractivity contribution in [2.24, 2.45) is 0 Å². The molecule has 2 aromatic rings. The Morgan fingerprint density at radius 1 is 0.960 bits per heavy atom. The molecule has 0 bridgehead atoms. The van der Waals surface area contributed by atoms with E-state index in [-0.39, 0.29) is 13.2 Å².